The third-order valence-corrected chi connectivity index (χ3v) is 2.28. The quantitative estimate of drug-likeness (QED) is 0.714. The van der Waals surface area contributed by atoms with Gasteiger partial charge in [0, 0.05) is 25.5 Å². The van der Waals surface area contributed by atoms with E-state index in [9.17, 15) is 4.79 Å². The second kappa shape index (κ2) is 5.50. The second-order valence-corrected chi connectivity index (χ2v) is 3.37. The van der Waals surface area contributed by atoms with E-state index in [-0.39, 0.29) is 12.0 Å². The fourth-order valence-electron chi connectivity index (χ4n) is 1.30. The molecule has 0 radical (unpaired) electrons. The van der Waals surface area contributed by atoms with Crippen molar-refractivity contribution >= 4 is 5.97 Å². The topological polar surface area (TPSA) is 56.1 Å². The summed E-state index contributed by atoms with van der Waals surface area (Å²) in [5.41, 5.74) is 0. The Morgan fingerprint density at radius 2 is 2.47 bits per heavy atom. The van der Waals surface area contributed by atoms with Gasteiger partial charge in [0.15, 0.2) is 0 Å². The fourth-order valence-corrected chi connectivity index (χ4v) is 1.30. The van der Waals surface area contributed by atoms with Crippen LogP contribution >= 0.6 is 0 Å². The summed E-state index contributed by atoms with van der Waals surface area (Å²) in [6, 6.07) is -0.265. The van der Waals surface area contributed by atoms with Crippen molar-refractivity contribution < 1.29 is 9.53 Å². The predicted molar refractivity (Wildman–Crippen MR) is 56.4 cm³/mol. The molecular weight excluding hydrogens is 194 g/mol. The number of ether oxygens (including phenoxy) is 1. The van der Waals surface area contributed by atoms with Gasteiger partial charge >= 0.3 is 5.97 Å². The molecule has 1 aromatic heterocycles. The van der Waals surface area contributed by atoms with Gasteiger partial charge in [0.2, 0.25) is 0 Å². The minimum Gasteiger partial charge on any atom is -0.468 e. The van der Waals surface area contributed by atoms with E-state index in [0.717, 1.165) is 12.4 Å². The van der Waals surface area contributed by atoms with E-state index in [1.165, 1.54) is 7.11 Å². The average Bonchev–Trinajstić information content (AvgIpc) is 2.63. The lowest BCUT2D eigenvalue weighted by atomic mass is 10.3. The summed E-state index contributed by atoms with van der Waals surface area (Å²) in [5.74, 6) is 0.736. The first-order chi connectivity index (χ1) is 7.15. The number of rotatable bonds is 5. The molecule has 84 valence electrons. The number of esters is 1. The van der Waals surface area contributed by atoms with Crippen LogP contribution in [-0.2, 0) is 16.1 Å². The smallest absolute Gasteiger partial charge is 0.322 e. The Balaban J connectivity index is 2.28. The summed E-state index contributed by atoms with van der Waals surface area (Å²) >= 11 is 0. The van der Waals surface area contributed by atoms with Gasteiger partial charge < -0.3 is 14.6 Å². The summed E-state index contributed by atoms with van der Waals surface area (Å²) in [5, 5.41) is 3.08. The Hall–Kier alpha value is -1.36. The van der Waals surface area contributed by atoms with Crippen LogP contribution in [0.25, 0.3) is 0 Å². The minimum absolute atomic E-state index is 0.239. The molecule has 15 heavy (non-hydrogen) atoms. The van der Waals surface area contributed by atoms with Gasteiger partial charge in [-0.25, -0.2) is 4.98 Å². The van der Waals surface area contributed by atoms with Crippen LogP contribution in [-0.4, -0.2) is 35.2 Å². The molecule has 0 aliphatic carbocycles. The third kappa shape index (κ3) is 3.36. The fraction of sp³-hybridized carbons (Fsp3) is 0.600. The SMILES string of the molecule is COC(=O)C(C)NCCn1ccnc1C. The van der Waals surface area contributed by atoms with Gasteiger partial charge in [0.25, 0.3) is 0 Å². The van der Waals surface area contributed by atoms with Crippen molar-refractivity contribution in [2.45, 2.75) is 26.4 Å². The van der Waals surface area contributed by atoms with Crippen molar-refractivity contribution in [1.82, 2.24) is 14.9 Å². The third-order valence-electron chi connectivity index (χ3n) is 2.28. The Labute approximate surface area is 89.4 Å². The highest BCUT2D eigenvalue weighted by molar-refractivity contribution is 5.74. The summed E-state index contributed by atoms with van der Waals surface area (Å²) < 4.78 is 6.63. The van der Waals surface area contributed by atoms with E-state index >= 15 is 0 Å². The van der Waals surface area contributed by atoms with E-state index in [0.29, 0.717) is 6.54 Å². The molecule has 0 aliphatic heterocycles. The molecule has 0 amide bonds. The van der Waals surface area contributed by atoms with Crippen LogP contribution < -0.4 is 5.32 Å². The van der Waals surface area contributed by atoms with Gasteiger partial charge in [-0.05, 0) is 13.8 Å². The molecule has 1 unspecified atom stereocenters. The molecule has 1 heterocycles. The number of methoxy groups -OCH3 is 1. The van der Waals surface area contributed by atoms with Crippen molar-refractivity contribution in [2.24, 2.45) is 0 Å². The lowest BCUT2D eigenvalue weighted by molar-refractivity contribution is -0.142. The van der Waals surface area contributed by atoms with E-state index in [2.05, 4.69) is 15.0 Å². The zero-order valence-corrected chi connectivity index (χ0v) is 9.36. The van der Waals surface area contributed by atoms with Crippen molar-refractivity contribution in [3.05, 3.63) is 18.2 Å². The van der Waals surface area contributed by atoms with Crippen LogP contribution in [0.15, 0.2) is 12.4 Å². The first-order valence-corrected chi connectivity index (χ1v) is 4.94. The van der Waals surface area contributed by atoms with Crippen molar-refractivity contribution in [1.29, 1.82) is 0 Å². The maximum absolute atomic E-state index is 11.1. The van der Waals surface area contributed by atoms with Gasteiger partial charge in [-0.15, -0.1) is 0 Å². The number of carbonyl (C=O) groups is 1. The highest BCUT2D eigenvalue weighted by Crippen LogP contribution is 1.94. The molecule has 5 heteroatoms. The number of nitrogens with one attached hydrogen (secondary N) is 1. The summed E-state index contributed by atoms with van der Waals surface area (Å²) in [6.07, 6.45) is 3.68. The van der Waals surface area contributed by atoms with Gasteiger partial charge in [-0.3, -0.25) is 4.79 Å². The van der Waals surface area contributed by atoms with E-state index in [4.69, 9.17) is 0 Å². The van der Waals surface area contributed by atoms with Crippen molar-refractivity contribution in [3.8, 4) is 0 Å². The van der Waals surface area contributed by atoms with Gasteiger partial charge in [0.05, 0.1) is 7.11 Å². The van der Waals surface area contributed by atoms with Crippen molar-refractivity contribution in [2.75, 3.05) is 13.7 Å². The van der Waals surface area contributed by atoms with Gasteiger partial charge in [0.1, 0.15) is 11.9 Å². The maximum atomic E-state index is 11.1. The summed E-state index contributed by atoms with van der Waals surface area (Å²) in [6.45, 7) is 5.25. The van der Waals surface area contributed by atoms with E-state index in [1.54, 1.807) is 13.1 Å². The molecule has 1 N–H and O–H groups in total. The summed E-state index contributed by atoms with van der Waals surface area (Å²) in [4.78, 5) is 15.2. The number of carbonyl (C=O) groups excluding carboxylic acids is 1. The molecule has 0 spiro atoms. The van der Waals surface area contributed by atoms with Crippen molar-refractivity contribution in [3.63, 3.8) is 0 Å². The molecule has 1 atom stereocenters. The zero-order chi connectivity index (χ0) is 11.3. The predicted octanol–water partition coefficient (Wildman–Crippen LogP) is 0.343. The normalized spacial score (nSPS) is 12.5. The highest BCUT2D eigenvalue weighted by Gasteiger charge is 2.11. The van der Waals surface area contributed by atoms with Crippen LogP contribution in [0.2, 0.25) is 0 Å². The number of aryl methyl sites for hydroxylation is 1. The Morgan fingerprint density at radius 1 is 1.73 bits per heavy atom. The molecular formula is C10H17N3O2. The van der Waals surface area contributed by atoms with Crippen LogP contribution in [0.4, 0.5) is 0 Å². The lowest BCUT2D eigenvalue weighted by Gasteiger charge is -2.12. The van der Waals surface area contributed by atoms with Crippen LogP contribution in [0.5, 0.6) is 0 Å². The van der Waals surface area contributed by atoms with E-state index < -0.39 is 0 Å². The number of imidazole rings is 1. The molecule has 0 aromatic carbocycles. The van der Waals surface area contributed by atoms with Crippen LogP contribution in [0.3, 0.4) is 0 Å². The summed E-state index contributed by atoms with van der Waals surface area (Å²) in [7, 11) is 1.39. The van der Waals surface area contributed by atoms with Gasteiger partial charge in [-0.2, -0.15) is 0 Å². The Morgan fingerprint density at radius 3 is 3.00 bits per heavy atom. The molecule has 1 aromatic rings. The Kier molecular flexibility index (Phi) is 4.30. The molecule has 0 saturated carbocycles. The van der Waals surface area contributed by atoms with Crippen LogP contribution in [0.1, 0.15) is 12.7 Å². The molecule has 0 aliphatic rings. The standard InChI is InChI=1S/C10H17N3O2/c1-8(10(14)15-3)11-4-6-13-7-5-12-9(13)2/h5,7-8,11H,4,6H2,1-3H3. The minimum atomic E-state index is -0.265. The molecule has 1 rings (SSSR count). The number of hydrogen-bond donors (Lipinski definition) is 1. The number of aromatic nitrogens is 2. The molecule has 0 saturated heterocycles. The Bertz CT molecular complexity index is 322. The number of nitrogens with zero attached hydrogens (tertiary/aromatic N) is 2. The van der Waals surface area contributed by atoms with Crippen LogP contribution in [0, 0.1) is 6.92 Å². The largest absolute Gasteiger partial charge is 0.468 e. The average molecular weight is 211 g/mol. The lowest BCUT2D eigenvalue weighted by Crippen LogP contribution is -2.36. The first kappa shape index (κ1) is 11.7. The molecule has 0 fully saturated rings. The maximum Gasteiger partial charge on any atom is 0.322 e. The second-order valence-electron chi connectivity index (χ2n) is 3.37. The first-order valence-electron chi connectivity index (χ1n) is 4.94. The van der Waals surface area contributed by atoms with Gasteiger partial charge in [-0.1, -0.05) is 0 Å². The highest BCUT2D eigenvalue weighted by atomic mass is 16.5. The molecule has 0 bridgehead atoms. The number of hydrogen-bond acceptors (Lipinski definition) is 4. The monoisotopic (exact) mass is 211 g/mol. The molecule has 5 nitrogen and oxygen atoms in total. The van der Waals surface area contributed by atoms with E-state index in [1.807, 2.05) is 17.7 Å². The zero-order valence-electron chi connectivity index (χ0n) is 9.36.